The van der Waals surface area contributed by atoms with Gasteiger partial charge in [0.2, 0.25) is 0 Å². The maximum atomic E-state index is 12.2. The first-order valence-corrected chi connectivity index (χ1v) is 7.30. The Balaban J connectivity index is 1.82. The van der Waals surface area contributed by atoms with Gasteiger partial charge in [-0.3, -0.25) is 20.0 Å². The number of rotatable bonds is 4. The number of amides is 1. The minimum Gasteiger partial charge on any atom is -0.506 e. The average Bonchev–Trinajstić information content (AvgIpc) is 3.20. The number of aromatic nitrogens is 2. The molecule has 0 atom stereocenters. The zero-order valence-electron chi connectivity index (χ0n) is 11.5. The van der Waals surface area contributed by atoms with E-state index < -0.39 is 10.8 Å². The molecule has 9 heteroatoms. The van der Waals surface area contributed by atoms with Gasteiger partial charge in [-0.15, -0.1) is 11.3 Å². The molecule has 2 aromatic heterocycles. The standard InChI is InChI=1S/C14H10N4O4S/c19-12-4-3-8(18(21)22)6-9(12)15-14(20)11-7-10(16-17-11)13-2-1-5-23-13/h1-7,19H,(H,15,20)(H,16,17). The largest absolute Gasteiger partial charge is 0.506 e. The molecule has 0 spiro atoms. The van der Waals surface area contributed by atoms with E-state index in [1.165, 1.54) is 11.3 Å². The van der Waals surface area contributed by atoms with Crippen molar-refractivity contribution in [1.82, 2.24) is 10.2 Å². The van der Waals surface area contributed by atoms with Crippen LogP contribution >= 0.6 is 11.3 Å². The molecule has 8 nitrogen and oxygen atoms in total. The highest BCUT2D eigenvalue weighted by Gasteiger charge is 2.16. The number of nitrogens with one attached hydrogen (secondary N) is 2. The van der Waals surface area contributed by atoms with E-state index in [9.17, 15) is 20.0 Å². The van der Waals surface area contributed by atoms with Crippen LogP contribution in [0.15, 0.2) is 41.8 Å². The van der Waals surface area contributed by atoms with E-state index in [2.05, 4.69) is 15.5 Å². The molecule has 0 radical (unpaired) electrons. The van der Waals surface area contributed by atoms with Crippen molar-refractivity contribution in [3.05, 3.63) is 57.6 Å². The van der Waals surface area contributed by atoms with Gasteiger partial charge in [-0.05, 0) is 23.6 Å². The molecule has 23 heavy (non-hydrogen) atoms. The Bertz CT molecular complexity index is 873. The monoisotopic (exact) mass is 330 g/mol. The lowest BCUT2D eigenvalue weighted by Crippen LogP contribution is -2.12. The van der Waals surface area contributed by atoms with Crippen LogP contribution in [-0.2, 0) is 0 Å². The number of carbonyl (C=O) groups excluding carboxylic acids is 1. The number of carbonyl (C=O) groups is 1. The molecule has 1 aromatic carbocycles. The van der Waals surface area contributed by atoms with Crippen LogP contribution in [0.3, 0.4) is 0 Å². The minimum absolute atomic E-state index is 0.0510. The number of hydrogen-bond donors (Lipinski definition) is 3. The topological polar surface area (TPSA) is 121 Å². The fourth-order valence-electron chi connectivity index (χ4n) is 1.92. The number of hydrogen-bond acceptors (Lipinski definition) is 6. The number of benzene rings is 1. The van der Waals surface area contributed by atoms with Crippen LogP contribution in [0.4, 0.5) is 11.4 Å². The molecule has 0 unspecified atom stereocenters. The van der Waals surface area contributed by atoms with Crippen molar-refractivity contribution in [2.24, 2.45) is 0 Å². The number of non-ortho nitro benzene ring substituents is 1. The molecule has 3 aromatic rings. The molecule has 3 N–H and O–H groups in total. The van der Waals surface area contributed by atoms with E-state index in [1.54, 1.807) is 6.07 Å². The lowest BCUT2D eigenvalue weighted by atomic mass is 10.2. The van der Waals surface area contributed by atoms with Gasteiger partial charge >= 0.3 is 0 Å². The van der Waals surface area contributed by atoms with Gasteiger partial charge in [-0.1, -0.05) is 6.07 Å². The average molecular weight is 330 g/mol. The summed E-state index contributed by atoms with van der Waals surface area (Å²) in [5, 5.41) is 31.4. The first-order chi connectivity index (χ1) is 11.0. The van der Waals surface area contributed by atoms with Crippen molar-refractivity contribution in [3.8, 4) is 16.3 Å². The van der Waals surface area contributed by atoms with Crippen molar-refractivity contribution in [2.45, 2.75) is 0 Å². The molecule has 0 aliphatic carbocycles. The first-order valence-electron chi connectivity index (χ1n) is 6.42. The van der Waals surface area contributed by atoms with E-state index in [0.29, 0.717) is 5.69 Å². The van der Waals surface area contributed by atoms with Crippen LogP contribution in [0, 0.1) is 10.1 Å². The number of H-pyrrole nitrogens is 1. The Labute approximate surface area is 133 Å². The summed E-state index contributed by atoms with van der Waals surface area (Å²) in [6.07, 6.45) is 0. The third kappa shape index (κ3) is 3.04. The molecule has 1 amide bonds. The van der Waals surface area contributed by atoms with Crippen LogP contribution in [0.25, 0.3) is 10.6 Å². The second-order valence-corrected chi connectivity index (χ2v) is 5.50. The Morgan fingerprint density at radius 3 is 2.87 bits per heavy atom. The fraction of sp³-hybridized carbons (Fsp3) is 0. The predicted molar refractivity (Wildman–Crippen MR) is 84.6 cm³/mol. The number of nitro benzene ring substituents is 1. The Morgan fingerprint density at radius 2 is 2.17 bits per heavy atom. The number of aromatic amines is 1. The van der Waals surface area contributed by atoms with Gasteiger partial charge in [-0.2, -0.15) is 5.10 Å². The lowest BCUT2D eigenvalue weighted by molar-refractivity contribution is -0.384. The summed E-state index contributed by atoms with van der Waals surface area (Å²) in [5.41, 5.74) is 0.511. The summed E-state index contributed by atoms with van der Waals surface area (Å²) < 4.78 is 0. The summed E-state index contributed by atoms with van der Waals surface area (Å²) in [6, 6.07) is 8.70. The van der Waals surface area contributed by atoms with Gasteiger partial charge < -0.3 is 10.4 Å². The third-order valence-corrected chi connectivity index (χ3v) is 3.94. The highest BCUT2D eigenvalue weighted by atomic mass is 32.1. The van der Waals surface area contributed by atoms with Crippen LogP contribution in [0.1, 0.15) is 10.5 Å². The number of phenolic OH excluding ortho intramolecular Hbond substituents is 1. The van der Waals surface area contributed by atoms with Crippen molar-refractivity contribution in [1.29, 1.82) is 0 Å². The molecule has 3 rings (SSSR count). The van der Waals surface area contributed by atoms with Gasteiger partial charge in [0, 0.05) is 12.1 Å². The SMILES string of the molecule is O=C(Nc1cc([N+](=O)[O-])ccc1O)c1cc(-c2cccs2)[nH]n1. The van der Waals surface area contributed by atoms with Crippen LogP contribution in [0.2, 0.25) is 0 Å². The summed E-state index contributed by atoms with van der Waals surface area (Å²) in [5.74, 6) is -0.849. The smallest absolute Gasteiger partial charge is 0.276 e. The van der Waals surface area contributed by atoms with E-state index in [4.69, 9.17) is 0 Å². The van der Waals surface area contributed by atoms with E-state index in [-0.39, 0.29) is 22.8 Å². The molecule has 0 saturated heterocycles. The van der Waals surface area contributed by atoms with E-state index >= 15 is 0 Å². The summed E-state index contributed by atoms with van der Waals surface area (Å²) in [6.45, 7) is 0. The second kappa shape index (κ2) is 5.89. The molecule has 2 heterocycles. The normalized spacial score (nSPS) is 10.4. The van der Waals surface area contributed by atoms with Gasteiger partial charge in [0.15, 0.2) is 5.69 Å². The van der Waals surface area contributed by atoms with Gasteiger partial charge in [0.25, 0.3) is 11.6 Å². The maximum Gasteiger partial charge on any atom is 0.276 e. The maximum absolute atomic E-state index is 12.2. The lowest BCUT2D eigenvalue weighted by Gasteiger charge is -2.05. The summed E-state index contributed by atoms with van der Waals surface area (Å²) in [7, 11) is 0. The van der Waals surface area contributed by atoms with Crippen molar-refractivity contribution >= 4 is 28.6 Å². The zero-order valence-corrected chi connectivity index (χ0v) is 12.3. The second-order valence-electron chi connectivity index (χ2n) is 4.56. The molecule has 0 saturated carbocycles. The fourth-order valence-corrected chi connectivity index (χ4v) is 2.61. The predicted octanol–water partition coefficient (Wildman–Crippen LogP) is 3.00. The Morgan fingerprint density at radius 1 is 1.35 bits per heavy atom. The highest BCUT2D eigenvalue weighted by Crippen LogP contribution is 2.28. The first kappa shape index (κ1) is 14.7. The molecular weight excluding hydrogens is 320 g/mol. The molecule has 0 aliphatic heterocycles. The molecule has 0 bridgehead atoms. The Kier molecular flexibility index (Phi) is 3.77. The number of nitrogens with zero attached hydrogens (tertiary/aromatic N) is 2. The third-order valence-electron chi connectivity index (χ3n) is 3.04. The molecule has 116 valence electrons. The zero-order chi connectivity index (χ0) is 16.4. The summed E-state index contributed by atoms with van der Waals surface area (Å²) >= 11 is 1.49. The minimum atomic E-state index is -0.613. The number of thiophene rings is 1. The quantitative estimate of drug-likeness (QED) is 0.386. The molecule has 0 aliphatic rings. The van der Waals surface area contributed by atoms with Gasteiger partial charge in [0.1, 0.15) is 5.75 Å². The van der Waals surface area contributed by atoms with E-state index in [1.807, 2.05) is 17.5 Å². The van der Waals surface area contributed by atoms with Crippen LogP contribution in [0.5, 0.6) is 5.75 Å². The molecular formula is C14H10N4O4S. The van der Waals surface area contributed by atoms with Crippen LogP contribution in [-0.4, -0.2) is 26.1 Å². The van der Waals surface area contributed by atoms with Gasteiger partial charge in [-0.25, -0.2) is 0 Å². The number of anilines is 1. The number of nitro groups is 1. The number of aromatic hydroxyl groups is 1. The number of phenols is 1. The van der Waals surface area contributed by atoms with E-state index in [0.717, 1.165) is 23.1 Å². The van der Waals surface area contributed by atoms with Crippen molar-refractivity contribution in [3.63, 3.8) is 0 Å². The van der Waals surface area contributed by atoms with Crippen molar-refractivity contribution in [2.75, 3.05) is 5.32 Å². The molecule has 0 fully saturated rings. The van der Waals surface area contributed by atoms with Crippen LogP contribution < -0.4 is 5.32 Å². The van der Waals surface area contributed by atoms with Gasteiger partial charge in [0.05, 0.1) is 21.2 Å². The summed E-state index contributed by atoms with van der Waals surface area (Å²) in [4.78, 5) is 23.2. The Hall–Kier alpha value is -3.20. The highest BCUT2D eigenvalue weighted by molar-refractivity contribution is 7.13. The van der Waals surface area contributed by atoms with Crippen molar-refractivity contribution < 1.29 is 14.8 Å².